The van der Waals surface area contributed by atoms with Crippen molar-refractivity contribution in [2.75, 3.05) is 13.2 Å². The van der Waals surface area contributed by atoms with E-state index in [2.05, 4.69) is 4.98 Å². The highest BCUT2D eigenvalue weighted by atomic mass is 32.2. The topological polar surface area (TPSA) is 117 Å². The molecule has 1 unspecified atom stereocenters. The van der Waals surface area contributed by atoms with Gasteiger partial charge in [0.15, 0.2) is 0 Å². The van der Waals surface area contributed by atoms with E-state index in [0.717, 1.165) is 5.56 Å². The fourth-order valence-corrected chi connectivity index (χ4v) is 5.74. The lowest BCUT2D eigenvalue weighted by atomic mass is 9.99. The highest BCUT2D eigenvalue weighted by Crippen LogP contribution is 2.44. The number of hydrogen-bond donors (Lipinski definition) is 1. The van der Waals surface area contributed by atoms with Crippen molar-refractivity contribution in [3.05, 3.63) is 83.1 Å². The van der Waals surface area contributed by atoms with Crippen LogP contribution in [0.2, 0.25) is 0 Å². The first-order valence-electron chi connectivity index (χ1n) is 10.5. The Hall–Kier alpha value is -3.61. The molecule has 1 aliphatic rings. The first kappa shape index (κ1) is 22.6. The molecule has 0 saturated carbocycles. The number of aryl methyl sites for hydroxylation is 1. The van der Waals surface area contributed by atoms with Crippen LogP contribution in [-0.2, 0) is 21.2 Å². The summed E-state index contributed by atoms with van der Waals surface area (Å²) in [5, 5.41) is 20.1. The van der Waals surface area contributed by atoms with Gasteiger partial charge in [0.05, 0.1) is 23.2 Å². The molecule has 1 aromatic heterocycles. The highest BCUT2D eigenvalue weighted by molar-refractivity contribution is 7.89. The summed E-state index contributed by atoms with van der Waals surface area (Å²) in [6.45, 7) is 3.62. The molecule has 9 heteroatoms. The van der Waals surface area contributed by atoms with Crippen molar-refractivity contribution in [3.8, 4) is 17.5 Å². The monoisotopic (exact) mass is 465 g/mol. The number of ether oxygens (including phenoxy) is 1. The highest BCUT2D eigenvalue weighted by Gasteiger charge is 2.45. The van der Waals surface area contributed by atoms with E-state index in [0.29, 0.717) is 22.9 Å². The Kier molecular flexibility index (Phi) is 6.22. The van der Waals surface area contributed by atoms with Crippen molar-refractivity contribution in [1.29, 1.82) is 5.26 Å². The Bertz CT molecular complexity index is 1340. The molecule has 0 spiro atoms. The average molecular weight is 466 g/mol. The minimum absolute atomic E-state index is 0.0356. The van der Waals surface area contributed by atoms with Crippen LogP contribution >= 0.6 is 0 Å². The van der Waals surface area contributed by atoms with Crippen LogP contribution in [0, 0.1) is 18.3 Å². The second-order valence-electron chi connectivity index (χ2n) is 7.46. The molecule has 0 fully saturated rings. The fourth-order valence-electron chi connectivity index (χ4n) is 3.93. The SMILES string of the molecule is CCO/C(O)=C(/C#N)C1c2ccccc2S(=O)(=O)N1CCc1nc(-c2ccccc2)oc1C. The predicted molar refractivity (Wildman–Crippen MR) is 120 cm³/mol. The lowest BCUT2D eigenvalue weighted by Crippen LogP contribution is -2.32. The summed E-state index contributed by atoms with van der Waals surface area (Å²) >= 11 is 0. The third-order valence-electron chi connectivity index (χ3n) is 5.48. The van der Waals surface area contributed by atoms with Crippen LogP contribution in [0.15, 0.2) is 75.4 Å². The van der Waals surface area contributed by atoms with Crippen LogP contribution in [0.25, 0.3) is 11.5 Å². The molecule has 0 aliphatic carbocycles. The molecule has 33 heavy (non-hydrogen) atoms. The molecule has 0 bridgehead atoms. The quantitative estimate of drug-likeness (QED) is 0.409. The number of benzene rings is 2. The van der Waals surface area contributed by atoms with Gasteiger partial charge in [0.1, 0.15) is 17.4 Å². The van der Waals surface area contributed by atoms with Gasteiger partial charge in [0, 0.05) is 18.5 Å². The van der Waals surface area contributed by atoms with E-state index in [9.17, 15) is 18.8 Å². The lowest BCUT2D eigenvalue weighted by Gasteiger charge is -2.23. The number of rotatable bonds is 7. The smallest absolute Gasteiger partial charge is 0.293 e. The maximum atomic E-state index is 13.4. The predicted octanol–water partition coefficient (Wildman–Crippen LogP) is 4.27. The molecule has 3 aromatic rings. The number of nitriles is 1. The molecule has 2 aromatic carbocycles. The summed E-state index contributed by atoms with van der Waals surface area (Å²) in [6, 6.07) is 16.8. The van der Waals surface area contributed by atoms with Gasteiger partial charge in [-0.1, -0.05) is 36.4 Å². The second kappa shape index (κ2) is 9.10. The van der Waals surface area contributed by atoms with Crippen LogP contribution < -0.4 is 0 Å². The molecule has 1 aliphatic heterocycles. The fraction of sp³-hybridized carbons (Fsp3) is 0.250. The van der Waals surface area contributed by atoms with Crippen molar-refractivity contribution in [2.45, 2.75) is 31.2 Å². The molecule has 4 rings (SSSR count). The Morgan fingerprint density at radius 2 is 1.91 bits per heavy atom. The van der Waals surface area contributed by atoms with Crippen LogP contribution in [0.1, 0.15) is 30.0 Å². The van der Waals surface area contributed by atoms with E-state index >= 15 is 0 Å². The van der Waals surface area contributed by atoms with Gasteiger partial charge in [0.2, 0.25) is 15.9 Å². The number of aliphatic hydroxyl groups is 1. The zero-order valence-electron chi connectivity index (χ0n) is 18.2. The zero-order chi connectivity index (χ0) is 23.6. The van der Waals surface area contributed by atoms with Gasteiger partial charge in [-0.25, -0.2) is 13.4 Å². The molecule has 170 valence electrons. The summed E-state index contributed by atoms with van der Waals surface area (Å²) in [6.07, 6.45) is 0.264. The zero-order valence-corrected chi connectivity index (χ0v) is 19.0. The molecular weight excluding hydrogens is 442 g/mol. The molecule has 1 atom stereocenters. The first-order valence-corrected chi connectivity index (χ1v) is 11.9. The number of aromatic nitrogens is 1. The van der Waals surface area contributed by atoms with Crippen molar-refractivity contribution in [1.82, 2.24) is 9.29 Å². The third kappa shape index (κ3) is 4.11. The van der Waals surface area contributed by atoms with E-state index in [4.69, 9.17) is 9.15 Å². The van der Waals surface area contributed by atoms with E-state index < -0.39 is 22.0 Å². The minimum Gasteiger partial charge on any atom is -0.480 e. The second-order valence-corrected chi connectivity index (χ2v) is 9.32. The summed E-state index contributed by atoms with van der Waals surface area (Å²) in [7, 11) is -3.90. The Morgan fingerprint density at radius 3 is 2.61 bits per heavy atom. The first-order chi connectivity index (χ1) is 15.9. The Balaban J connectivity index is 1.70. The number of oxazole rings is 1. The van der Waals surface area contributed by atoms with E-state index in [1.54, 1.807) is 32.0 Å². The summed E-state index contributed by atoms with van der Waals surface area (Å²) in [5.41, 5.74) is 1.70. The largest absolute Gasteiger partial charge is 0.480 e. The van der Waals surface area contributed by atoms with E-state index in [-0.39, 0.29) is 30.0 Å². The molecule has 0 saturated heterocycles. The van der Waals surface area contributed by atoms with Gasteiger partial charge in [-0.15, -0.1) is 0 Å². The van der Waals surface area contributed by atoms with E-state index in [1.807, 2.05) is 36.4 Å². The number of hydrogen-bond acceptors (Lipinski definition) is 7. The van der Waals surface area contributed by atoms with Crippen molar-refractivity contribution in [3.63, 3.8) is 0 Å². The maximum absolute atomic E-state index is 13.4. The lowest BCUT2D eigenvalue weighted by molar-refractivity contribution is 0.0954. The normalized spacial score (nSPS) is 17.8. The van der Waals surface area contributed by atoms with Crippen molar-refractivity contribution >= 4 is 10.0 Å². The standard InChI is InChI=1S/C24H23N3O5S/c1-3-31-24(28)19(15-25)22-18-11-7-8-12-21(18)33(29,30)27(22)14-13-20-16(2)32-23(26-20)17-9-5-4-6-10-17/h4-12,22,28H,3,13-14H2,1-2H3/b24-19-. The summed E-state index contributed by atoms with van der Waals surface area (Å²) < 4.78 is 38.9. The van der Waals surface area contributed by atoms with Gasteiger partial charge >= 0.3 is 0 Å². The number of fused-ring (bicyclic) bond motifs is 1. The van der Waals surface area contributed by atoms with E-state index in [1.165, 1.54) is 10.4 Å². The average Bonchev–Trinajstić information content (AvgIpc) is 3.29. The Morgan fingerprint density at radius 1 is 1.21 bits per heavy atom. The molecular formula is C24H23N3O5S. The molecule has 8 nitrogen and oxygen atoms in total. The molecule has 1 N–H and O–H groups in total. The number of aliphatic hydroxyl groups excluding tert-OH is 1. The van der Waals surface area contributed by atoms with Gasteiger partial charge in [-0.05, 0) is 37.6 Å². The van der Waals surface area contributed by atoms with Gasteiger partial charge < -0.3 is 14.3 Å². The number of sulfonamides is 1. The van der Waals surface area contributed by atoms with Crippen LogP contribution in [0.5, 0.6) is 0 Å². The minimum atomic E-state index is -3.90. The molecule has 0 radical (unpaired) electrons. The number of nitrogens with zero attached hydrogens (tertiary/aromatic N) is 3. The Labute approximate surface area is 192 Å². The van der Waals surface area contributed by atoms with Crippen molar-refractivity contribution < 1.29 is 22.7 Å². The van der Waals surface area contributed by atoms with Crippen LogP contribution in [0.3, 0.4) is 0 Å². The van der Waals surface area contributed by atoms with Gasteiger partial charge in [-0.3, -0.25) is 0 Å². The van der Waals surface area contributed by atoms with Crippen molar-refractivity contribution in [2.24, 2.45) is 0 Å². The van der Waals surface area contributed by atoms with Gasteiger partial charge in [0.25, 0.3) is 5.95 Å². The van der Waals surface area contributed by atoms with Crippen LogP contribution in [0.4, 0.5) is 0 Å². The molecule has 2 heterocycles. The third-order valence-corrected chi connectivity index (χ3v) is 7.41. The maximum Gasteiger partial charge on any atom is 0.293 e. The summed E-state index contributed by atoms with van der Waals surface area (Å²) in [4.78, 5) is 4.66. The summed E-state index contributed by atoms with van der Waals surface area (Å²) in [5.74, 6) is 0.470. The van der Waals surface area contributed by atoms with Gasteiger partial charge in [-0.2, -0.15) is 9.57 Å². The van der Waals surface area contributed by atoms with Crippen LogP contribution in [-0.4, -0.2) is 36.0 Å². The molecule has 0 amide bonds.